The Hall–Kier alpha value is -1.18. The van der Waals surface area contributed by atoms with Crippen molar-refractivity contribution in [2.75, 3.05) is 19.6 Å². The number of nitrogens with zero attached hydrogens (tertiary/aromatic N) is 2. The maximum atomic E-state index is 12.6. The SMILES string of the molecule is Cc1onc(-c2ccc(Br)s2)c1C(=O)NCCCN1CCCC[C@@H]1C. The molecule has 136 valence electrons. The first-order valence-corrected chi connectivity index (χ1v) is 10.4. The molecule has 1 fully saturated rings. The van der Waals surface area contributed by atoms with Crippen LogP contribution in [0.15, 0.2) is 20.4 Å². The van der Waals surface area contributed by atoms with Crippen LogP contribution in [0.2, 0.25) is 0 Å². The van der Waals surface area contributed by atoms with Crippen LogP contribution < -0.4 is 5.32 Å². The van der Waals surface area contributed by atoms with Gasteiger partial charge in [0, 0.05) is 19.1 Å². The van der Waals surface area contributed by atoms with Crippen molar-refractivity contribution in [1.82, 2.24) is 15.4 Å². The average molecular weight is 426 g/mol. The lowest BCUT2D eigenvalue weighted by molar-refractivity contribution is 0.0948. The molecule has 0 saturated carbocycles. The number of aryl methyl sites for hydroxylation is 1. The number of piperidine rings is 1. The third kappa shape index (κ3) is 4.51. The van der Waals surface area contributed by atoms with Crippen LogP contribution in [0, 0.1) is 6.92 Å². The highest BCUT2D eigenvalue weighted by atomic mass is 79.9. The number of rotatable bonds is 6. The van der Waals surface area contributed by atoms with E-state index in [0.717, 1.165) is 21.6 Å². The Bertz CT molecular complexity index is 728. The molecule has 2 aromatic rings. The Morgan fingerprint density at radius 1 is 1.48 bits per heavy atom. The second-order valence-electron chi connectivity index (χ2n) is 6.56. The molecule has 5 nitrogen and oxygen atoms in total. The van der Waals surface area contributed by atoms with Gasteiger partial charge >= 0.3 is 0 Å². The monoisotopic (exact) mass is 425 g/mol. The molecule has 3 rings (SSSR count). The van der Waals surface area contributed by atoms with Crippen molar-refractivity contribution in [3.63, 3.8) is 0 Å². The summed E-state index contributed by atoms with van der Waals surface area (Å²) in [7, 11) is 0. The molecule has 1 amide bonds. The van der Waals surface area contributed by atoms with Crippen LogP contribution in [0.3, 0.4) is 0 Å². The molecule has 7 heteroatoms. The molecule has 1 aliphatic heterocycles. The van der Waals surface area contributed by atoms with Crippen molar-refractivity contribution >= 4 is 33.2 Å². The van der Waals surface area contributed by atoms with Crippen molar-refractivity contribution in [1.29, 1.82) is 0 Å². The molecule has 1 N–H and O–H groups in total. The maximum absolute atomic E-state index is 12.6. The van der Waals surface area contributed by atoms with E-state index in [0.29, 0.717) is 29.6 Å². The highest BCUT2D eigenvalue weighted by Gasteiger charge is 2.23. The number of likely N-dealkylation sites (tertiary alicyclic amines) is 1. The largest absolute Gasteiger partial charge is 0.360 e. The zero-order chi connectivity index (χ0) is 17.8. The fraction of sp³-hybridized carbons (Fsp3) is 0.556. The van der Waals surface area contributed by atoms with Crippen LogP contribution in [0.25, 0.3) is 10.6 Å². The van der Waals surface area contributed by atoms with E-state index in [9.17, 15) is 4.79 Å². The highest BCUT2D eigenvalue weighted by Crippen LogP contribution is 2.33. The van der Waals surface area contributed by atoms with E-state index in [1.165, 1.54) is 25.8 Å². The molecule has 25 heavy (non-hydrogen) atoms. The summed E-state index contributed by atoms with van der Waals surface area (Å²) in [6.07, 6.45) is 4.87. The molecule has 1 aliphatic rings. The van der Waals surface area contributed by atoms with Gasteiger partial charge in [0.15, 0.2) is 0 Å². The van der Waals surface area contributed by atoms with Gasteiger partial charge in [-0.05, 0) is 67.7 Å². The number of halogens is 1. The van der Waals surface area contributed by atoms with Crippen LogP contribution in [0.5, 0.6) is 0 Å². The van der Waals surface area contributed by atoms with Gasteiger partial charge in [-0.3, -0.25) is 4.79 Å². The minimum atomic E-state index is -0.107. The van der Waals surface area contributed by atoms with Gasteiger partial charge < -0.3 is 14.7 Å². The van der Waals surface area contributed by atoms with Crippen molar-refractivity contribution in [3.05, 3.63) is 27.2 Å². The fourth-order valence-corrected chi connectivity index (χ4v) is 4.69. The quantitative estimate of drug-likeness (QED) is 0.693. The smallest absolute Gasteiger partial charge is 0.257 e. The zero-order valence-corrected chi connectivity index (χ0v) is 17.1. The highest BCUT2D eigenvalue weighted by molar-refractivity contribution is 9.11. The number of amides is 1. The summed E-state index contributed by atoms with van der Waals surface area (Å²) in [5.41, 5.74) is 1.16. The number of nitrogens with one attached hydrogen (secondary N) is 1. The first kappa shape index (κ1) is 18.6. The standard InChI is InChI=1S/C18H24BrN3O2S/c1-12-6-3-4-10-22(12)11-5-9-20-18(23)16-13(2)24-21-17(16)14-7-8-15(19)25-14/h7-8,12H,3-6,9-11H2,1-2H3,(H,20,23)/t12-/m0/s1. The first-order chi connectivity index (χ1) is 12.1. The summed E-state index contributed by atoms with van der Waals surface area (Å²) in [4.78, 5) is 16.1. The predicted octanol–water partition coefficient (Wildman–Crippen LogP) is 4.47. The van der Waals surface area contributed by atoms with Gasteiger partial charge in [0.05, 0.1) is 8.66 Å². The van der Waals surface area contributed by atoms with E-state index in [2.05, 4.69) is 38.2 Å². The molecule has 0 bridgehead atoms. The van der Waals surface area contributed by atoms with Gasteiger partial charge in [0.25, 0.3) is 5.91 Å². The van der Waals surface area contributed by atoms with E-state index in [1.807, 2.05) is 12.1 Å². The molecule has 1 saturated heterocycles. The van der Waals surface area contributed by atoms with E-state index in [4.69, 9.17) is 4.52 Å². The Balaban J connectivity index is 1.56. The molecule has 0 spiro atoms. The first-order valence-electron chi connectivity index (χ1n) is 8.80. The van der Waals surface area contributed by atoms with Crippen molar-refractivity contribution in [3.8, 4) is 10.6 Å². The summed E-state index contributed by atoms with van der Waals surface area (Å²) in [6.45, 7) is 6.96. The molecular formula is C18H24BrN3O2S. The van der Waals surface area contributed by atoms with Crippen LogP contribution in [0.1, 0.15) is 48.7 Å². The van der Waals surface area contributed by atoms with Gasteiger partial charge in [0.1, 0.15) is 17.0 Å². The van der Waals surface area contributed by atoms with Gasteiger partial charge in [0.2, 0.25) is 0 Å². The van der Waals surface area contributed by atoms with E-state index >= 15 is 0 Å². The molecule has 0 aromatic carbocycles. The molecule has 1 atom stereocenters. The topological polar surface area (TPSA) is 58.4 Å². The van der Waals surface area contributed by atoms with Gasteiger partial charge in [-0.2, -0.15) is 0 Å². The third-order valence-corrected chi connectivity index (χ3v) is 6.37. The van der Waals surface area contributed by atoms with Gasteiger partial charge in [-0.15, -0.1) is 11.3 Å². The third-order valence-electron chi connectivity index (χ3n) is 4.74. The van der Waals surface area contributed by atoms with Crippen LogP contribution in [0.4, 0.5) is 0 Å². The molecule has 2 aromatic heterocycles. The lowest BCUT2D eigenvalue weighted by atomic mass is 10.0. The fourth-order valence-electron chi connectivity index (χ4n) is 3.31. The Kier molecular flexibility index (Phi) is 6.30. The second kappa shape index (κ2) is 8.47. The number of thiophene rings is 1. The van der Waals surface area contributed by atoms with E-state index in [1.54, 1.807) is 18.3 Å². The Labute approximate surface area is 160 Å². The summed E-state index contributed by atoms with van der Waals surface area (Å²) < 4.78 is 6.27. The Morgan fingerprint density at radius 2 is 2.32 bits per heavy atom. The van der Waals surface area contributed by atoms with E-state index < -0.39 is 0 Å². The summed E-state index contributed by atoms with van der Waals surface area (Å²) in [5.74, 6) is 0.451. The normalized spacial score (nSPS) is 18.4. The van der Waals surface area contributed by atoms with E-state index in [-0.39, 0.29) is 5.91 Å². The van der Waals surface area contributed by atoms with Crippen LogP contribution in [-0.2, 0) is 0 Å². The molecule has 0 aliphatic carbocycles. The summed E-state index contributed by atoms with van der Waals surface area (Å²) in [5, 5.41) is 7.10. The van der Waals surface area contributed by atoms with Crippen molar-refractivity contribution < 1.29 is 9.32 Å². The zero-order valence-electron chi connectivity index (χ0n) is 14.7. The lowest BCUT2D eigenvalue weighted by Crippen LogP contribution is -2.39. The molecular weight excluding hydrogens is 402 g/mol. The van der Waals surface area contributed by atoms with Gasteiger partial charge in [-0.1, -0.05) is 11.6 Å². The van der Waals surface area contributed by atoms with Crippen LogP contribution >= 0.6 is 27.3 Å². The molecule has 0 radical (unpaired) electrons. The average Bonchev–Trinajstić information content (AvgIpc) is 3.18. The number of carbonyl (C=O) groups excluding carboxylic acids is 1. The minimum Gasteiger partial charge on any atom is -0.360 e. The van der Waals surface area contributed by atoms with Gasteiger partial charge in [-0.25, -0.2) is 0 Å². The van der Waals surface area contributed by atoms with Crippen molar-refractivity contribution in [2.45, 2.75) is 45.6 Å². The summed E-state index contributed by atoms with van der Waals surface area (Å²) >= 11 is 4.99. The van der Waals surface area contributed by atoms with Crippen LogP contribution in [-0.4, -0.2) is 41.6 Å². The molecule has 3 heterocycles. The lowest BCUT2D eigenvalue weighted by Gasteiger charge is -2.33. The number of aromatic nitrogens is 1. The number of hydrogen-bond donors (Lipinski definition) is 1. The second-order valence-corrected chi connectivity index (χ2v) is 9.02. The Morgan fingerprint density at radius 3 is 3.04 bits per heavy atom. The predicted molar refractivity (Wildman–Crippen MR) is 104 cm³/mol. The van der Waals surface area contributed by atoms with Crippen molar-refractivity contribution in [2.24, 2.45) is 0 Å². The number of carbonyl (C=O) groups is 1. The number of hydrogen-bond acceptors (Lipinski definition) is 5. The molecule has 0 unspecified atom stereocenters. The maximum Gasteiger partial charge on any atom is 0.257 e. The summed E-state index contributed by atoms with van der Waals surface area (Å²) in [6, 6.07) is 4.56. The minimum absolute atomic E-state index is 0.107.